The topological polar surface area (TPSA) is 96.6 Å². The molecule has 0 bridgehead atoms. The molecule has 2 N–H and O–H groups in total. The fourth-order valence-electron chi connectivity index (χ4n) is 1.62. The summed E-state index contributed by atoms with van der Waals surface area (Å²) in [6, 6.07) is 7.55. The van der Waals surface area contributed by atoms with Gasteiger partial charge in [-0.25, -0.2) is 4.79 Å². The molecule has 0 radical (unpaired) electrons. The summed E-state index contributed by atoms with van der Waals surface area (Å²) < 4.78 is 31.4. The van der Waals surface area contributed by atoms with Crippen LogP contribution >= 0.6 is 0 Å². The van der Waals surface area contributed by atoms with E-state index < -0.39 is 26.8 Å². The molecular weight excluding hydrogens is 282 g/mol. The summed E-state index contributed by atoms with van der Waals surface area (Å²) in [4.78, 5) is 10.7. The summed E-state index contributed by atoms with van der Waals surface area (Å²) in [6.45, 7) is 3.61. The number of aromatic carboxylic acids is 1. The Balaban J connectivity index is 2.35. The zero-order valence-corrected chi connectivity index (χ0v) is 11.7. The van der Waals surface area contributed by atoms with Gasteiger partial charge >= 0.3 is 5.97 Å². The molecule has 0 atom stereocenters. The van der Waals surface area contributed by atoms with E-state index in [-0.39, 0.29) is 0 Å². The molecule has 0 unspecified atom stereocenters. The van der Waals surface area contributed by atoms with Gasteiger partial charge in [-0.3, -0.25) is 4.72 Å². The molecule has 0 aliphatic heterocycles. The number of hydrogen-bond acceptors (Lipinski definition) is 4. The van der Waals surface area contributed by atoms with Crippen LogP contribution in [0.5, 0.6) is 0 Å². The van der Waals surface area contributed by atoms with Gasteiger partial charge in [-0.2, -0.15) is 8.42 Å². The SMILES string of the molecule is Cc1ccc(C)c(NS(=O)(=O)c2ccc(C(=O)O)o2)c1. The number of carbonyl (C=O) groups is 1. The fourth-order valence-corrected chi connectivity index (χ4v) is 2.68. The van der Waals surface area contributed by atoms with Crippen LogP contribution in [-0.2, 0) is 10.0 Å². The molecule has 1 heterocycles. The second kappa shape index (κ2) is 5.01. The first-order valence-corrected chi connectivity index (χ1v) is 7.21. The normalized spacial score (nSPS) is 11.3. The number of carboxylic acids is 1. The number of rotatable bonds is 4. The minimum Gasteiger partial charge on any atom is -0.475 e. The molecule has 0 fully saturated rings. The first-order valence-electron chi connectivity index (χ1n) is 5.73. The Morgan fingerprint density at radius 1 is 1.20 bits per heavy atom. The van der Waals surface area contributed by atoms with E-state index >= 15 is 0 Å². The van der Waals surface area contributed by atoms with Gasteiger partial charge in [0.05, 0.1) is 5.69 Å². The number of aryl methyl sites for hydroxylation is 2. The van der Waals surface area contributed by atoms with E-state index in [4.69, 9.17) is 9.52 Å². The van der Waals surface area contributed by atoms with Crippen LogP contribution in [0.2, 0.25) is 0 Å². The van der Waals surface area contributed by atoms with Crippen molar-refractivity contribution < 1.29 is 22.7 Å². The predicted octanol–water partition coefficient (Wildman–Crippen LogP) is 2.40. The number of nitrogens with one attached hydrogen (secondary N) is 1. The van der Waals surface area contributed by atoms with Crippen LogP contribution in [0.1, 0.15) is 21.7 Å². The Hall–Kier alpha value is -2.28. The molecule has 0 saturated carbocycles. The Morgan fingerprint density at radius 2 is 1.90 bits per heavy atom. The van der Waals surface area contributed by atoms with Gasteiger partial charge in [0.1, 0.15) is 0 Å². The lowest BCUT2D eigenvalue weighted by molar-refractivity contribution is 0.0656. The Bertz CT molecular complexity index is 761. The largest absolute Gasteiger partial charge is 0.475 e. The van der Waals surface area contributed by atoms with E-state index in [2.05, 4.69) is 4.72 Å². The molecule has 0 saturated heterocycles. The minimum atomic E-state index is -3.95. The zero-order valence-electron chi connectivity index (χ0n) is 10.9. The molecule has 7 heteroatoms. The molecule has 1 aromatic carbocycles. The first kappa shape index (κ1) is 14.1. The van der Waals surface area contributed by atoms with Gasteiger partial charge in [-0.05, 0) is 43.2 Å². The lowest BCUT2D eigenvalue weighted by Crippen LogP contribution is -2.13. The van der Waals surface area contributed by atoms with Crippen molar-refractivity contribution >= 4 is 21.7 Å². The van der Waals surface area contributed by atoms with E-state index in [0.717, 1.165) is 23.3 Å². The number of benzene rings is 1. The van der Waals surface area contributed by atoms with Crippen LogP contribution in [-0.4, -0.2) is 19.5 Å². The summed E-state index contributed by atoms with van der Waals surface area (Å²) in [5.74, 6) is -1.75. The van der Waals surface area contributed by atoms with Crippen molar-refractivity contribution in [2.45, 2.75) is 18.9 Å². The standard InChI is InChI=1S/C13H13NO5S/c1-8-3-4-9(2)10(7-8)14-20(17,18)12-6-5-11(19-12)13(15)16/h3-7,14H,1-2H3,(H,15,16). The first-order chi connectivity index (χ1) is 9.29. The zero-order chi connectivity index (χ0) is 14.9. The highest BCUT2D eigenvalue weighted by molar-refractivity contribution is 7.92. The fraction of sp³-hybridized carbons (Fsp3) is 0.154. The molecule has 2 rings (SSSR count). The van der Waals surface area contributed by atoms with Crippen molar-refractivity contribution in [2.75, 3.05) is 4.72 Å². The molecule has 0 spiro atoms. The second-order valence-corrected chi connectivity index (χ2v) is 5.96. The Kier molecular flexibility index (Phi) is 3.54. The minimum absolute atomic E-state index is 0.425. The molecule has 1 aromatic heterocycles. The number of furan rings is 1. The van der Waals surface area contributed by atoms with E-state index in [1.807, 2.05) is 13.0 Å². The van der Waals surface area contributed by atoms with Gasteiger partial charge in [-0.1, -0.05) is 12.1 Å². The number of carboxylic acid groups (broad SMARTS) is 1. The van der Waals surface area contributed by atoms with Gasteiger partial charge in [0.15, 0.2) is 0 Å². The molecule has 0 aliphatic rings. The van der Waals surface area contributed by atoms with Crippen molar-refractivity contribution in [2.24, 2.45) is 0 Å². The number of anilines is 1. The van der Waals surface area contributed by atoms with Crippen molar-refractivity contribution in [1.82, 2.24) is 0 Å². The van der Waals surface area contributed by atoms with Crippen LogP contribution in [0, 0.1) is 13.8 Å². The van der Waals surface area contributed by atoms with Crippen molar-refractivity contribution in [1.29, 1.82) is 0 Å². The molecule has 20 heavy (non-hydrogen) atoms. The van der Waals surface area contributed by atoms with Crippen molar-refractivity contribution in [3.05, 3.63) is 47.2 Å². The lowest BCUT2D eigenvalue weighted by Gasteiger charge is -2.09. The summed E-state index contributed by atoms with van der Waals surface area (Å²) in [5, 5.41) is 8.29. The highest BCUT2D eigenvalue weighted by Gasteiger charge is 2.21. The van der Waals surface area contributed by atoms with Crippen LogP contribution in [0.3, 0.4) is 0 Å². The number of hydrogen-bond donors (Lipinski definition) is 2. The smallest absolute Gasteiger partial charge is 0.371 e. The average Bonchev–Trinajstić information content (AvgIpc) is 2.84. The summed E-state index contributed by atoms with van der Waals surface area (Å²) in [6.07, 6.45) is 0. The number of sulfonamides is 1. The van der Waals surface area contributed by atoms with E-state index in [1.165, 1.54) is 0 Å². The predicted molar refractivity (Wildman–Crippen MR) is 72.4 cm³/mol. The second-order valence-electron chi connectivity index (χ2n) is 4.35. The summed E-state index contributed by atoms with van der Waals surface area (Å²) in [5.41, 5.74) is 2.08. The summed E-state index contributed by atoms with van der Waals surface area (Å²) in [7, 11) is -3.95. The molecule has 106 valence electrons. The average molecular weight is 295 g/mol. The van der Waals surface area contributed by atoms with Gasteiger partial charge in [0.25, 0.3) is 10.0 Å². The maximum Gasteiger partial charge on any atom is 0.371 e. The van der Waals surface area contributed by atoms with Crippen LogP contribution < -0.4 is 4.72 Å². The lowest BCUT2D eigenvalue weighted by atomic mass is 10.1. The van der Waals surface area contributed by atoms with Crippen molar-refractivity contribution in [3.63, 3.8) is 0 Å². The molecule has 2 aromatic rings. The third-order valence-electron chi connectivity index (χ3n) is 2.69. The third-order valence-corrected chi connectivity index (χ3v) is 3.93. The monoisotopic (exact) mass is 295 g/mol. The molecule has 0 amide bonds. The van der Waals surface area contributed by atoms with Crippen molar-refractivity contribution in [3.8, 4) is 0 Å². The molecular formula is C13H13NO5S. The van der Waals surface area contributed by atoms with Crippen LogP contribution in [0.15, 0.2) is 39.8 Å². The van der Waals surface area contributed by atoms with Gasteiger partial charge < -0.3 is 9.52 Å². The van der Waals surface area contributed by atoms with Crippen LogP contribution in [0.4, 0.5) is 5.69 Å². The molecule has 6 nitrogen and oxygen atoms in total. The van der Waals surface area contributed by atoms with Gasteiger partial charge in [-0.15, -0.1) is 0 Å². The molecule has 0 aliphatic carbocycles. The van der Waals surface area contributed by atoms with Gasteiger partial charge in [0.2, 0.25) is 10.9 Å². The highest BCUT2D eigenvalue weighted by atomic mass is 32.2. The van der Waals surface area contributed by atoms with E-state index in [0.29, 0.717) is 5.69 Å². The Labute approximate surface area is 116 Å². The highest BCUT2D eigenvalue weighted by Crippen LogP contribution is 2.22. The van der Waals surface area contributed by atoms with E-state index in [1.54, 1.807) is 19.1 Å². The Morgan fingerprint density at radius 3 is 2.50 bits per heavy atom. The summed E-state index contributed by atoms with van der Waals surface area (Å²) >= 11 is 0. The maximum absolute atomic E-state index is 12.1. The van der Waals surface area contributed by atoms with Gasteiger partial charge in [0, 0.05) is 0 Å². The maximum atomic E-state index is 12.1. The van der Waals surface area contributed by atoms with Crippen LogP contribution in [0.25, 0.3) is 0 Å². The quantitative estimate of drug-likeness (QED) is 0.902. The van der Waals surface area contributed by atoms with E-state index in [9.17, 15) is 13.2 Å². The third kappa shape index (κ3) is 2.83.